The van der Waals surface area contributed by atoms with Crippen LogP contribution in [0.5, 0.6) is 11.5 Å². The molecule has 2 atom stereocenters. The van der Waals surface area contributed by atoms with Crippen LogP contribution in [0.2, 0.25) is 0 Å². The van der Waals surface area contributed by atoms with Crippen LogP contribution in [0.25, 0.3) is 0 Å². The molecule has 2 aromatic carbocycles. The number of hydrogen-bond donors (Lipinski definition) is 2. The summed E-state index contributed by atoms with van der Waals surface area (Å²) in [5.41, 5.74) is 5.77. The Kier molecular flexibility index (Phi) is 7.91. The number of esters is 2. The average molecular weight is 497 g/mol. The third-order valence-electron chi connectivity index (χ3n) is 5.68. The number of carbonyl (C=O) groups excluding carboxylic acids is 2. The topological polar surface area (TPSA) is 117 Å². The van der Waals surface area contributed by atoms with Gasteiger partial charge in [0, 0.05) is 0 Å². The molecule has 35 heavy (non-hydrogen) atoms. The number of halogens is 3. The van der Waals surface area contributed by atoms with Crippen LogP contribution in [0.15, 0.2) is 42.5 Å². The lowest BCUT2D eigenvalue weighted by Crippen LogP contribution is -2.55. The van der Waals surface area contributed by atoms with E-state index in [1.54, 1.807) is 12.1 Å². The molecule has 0 fully saturated rings. The maximum Gasteiger partial charge on any atom is 0.453 e. The fourth-order valence-electron chi connectivity index (χ4n) is 3.94. The van der Waals surface area contributed by atoms with Crippen molar-refractivity contribution in [1.29, 1.82) is 0 Å². The van der Waals surface area contributed by atoms with Gasteiger partial charge >= 0.3 is 23.9 Å². The normalized spacial score (nSPS) is 15.9. The van der Waals surface area contributed by atoms with Crippen LogP contribution in [0.4, 0.5) is 13.2 Å². The molecule has 0 spiro atoms. The minimum absolute atomic E-state index is 0.114. The van der Waals surface area contributed by atoms with E-state index >= 15 is 0 Å². The second kappa shape index (κ2) is 10.5. The van der Waals surface area contributed by atoms with Crippen LogP contribution in [0.3, 0.4) is 0 Å². The highest BCUT2D eigenvalue weighted by Crippen LogP contribution is 2.42. The van der Waals surface area contributed by atoms with Crippen molar-refractivity contribution in [3.8, 4) is 11.5 Å². The lowest BCUT2D eigenvalue weighted by molar-refractivity contribution is -0.199. The van der Waals surface area contributed by atoms with E-state index in [1.807, 2.05) is 0 Å². The number of ether oxygens (including phenoxy) is 4. The van der Waals surface area contributed by atoms with Crippen LogP contribution >= 0.6 is 0 Å². The zero-order valence-electron chi connectivity index (χ0n) is 19.1. The Morgan fingerprint density at radius 3 is 2.31 bits per heavy atom. The fourth-order valence-corrected chi connectivity index (χ4v) is 3.94. The summed E-state index contributed by atoms with van der Waals surface area (Å²) in [6, 6.07) is 9.36. The molecule has 0 aliphatic carbocycles. The number of hydrogen-bond acceptors (Lipinski definition) is 8. The summed E-state index contributed by atoms with van der Waals surface area (Å²) >= 11 is 0. The Bertz CT molecular complexity index is 1060. The van der Waals surface area contributed by atoms with Crippen LogP contribution in [-0.4, -0.2) is 43.6 Å². The molecule has 2 unspecified atom stereocenters. The second-order valence-electron chi connectivity index (χ2n) is 8.11. The third kappa shape index (κ3) is 5.68. The lowest BCUT2D eigenvalue weighted by Gasteiger charge is -2.21. The van der Waals surface area contributed by atoms with Gasteiger partial charge in [0.15, 0.2) is 11.5 Å². The van der Waals surface area contributed by atoms with E-state index in [1.165, 1.54) is 18.2 Å². The van der Waals surface area contributed by atoms with E-state index in [9.17, 15) is 27.9 Å². The molecule has 2 aromatic rings. The first-order valence-electron chi connectivity index (χ1n) is 10.8. The van der Waals surface area contributed by atoms with Crippen molar-refractivity contribution in [2.24, 2.45) is 11.7 Å². The number of aliphatic hydroxyl groups is 1. The van der Waals surface area contributed by atoms with Gasteiger partial charge < -0.3 is 29.8 Å². The van der Waals surface area contributed by atoms with Crippen LogP contribution in [0.1, 0.15) is 35.6 Å². The summed E-state index contributed by atoms with van der Waals surface area (Å²) in [7, 11) is 2.14. The molecular weight excluding hydrogens is 471 g/mol. The number of nitrogens with two attached hydrogens (primary N) is 1. The lowest BCUT2D eigenvalue weighted by atomic mass is 9.88. The number of alkyl halides is 3. The van der Waals surface area contributed by atoms with Crippen molar-refractivity contribution in [1.82, 2.24) is 0 Å². The second-order valence-corrected chi connectivity index (χ2v) is 8.11. The summed E-state index contributed by atoms with van der Waals surface area (Å²) in [6.07, 6.45) is -4.58. The highest BCUT2D eigenvalue weighted by molar-refractivity contribution is 6.03. The predicted octanol–water partition coefficient (Wildman–Crippen LogP) is 3.15. The van der Waals surface area contributed by atoms with Gasteiger partial charge in [0.2, 0.25) is 0 Å². The quantitative estimate of drug-likeness (QED) is 0.401. The molecule has 1 aliphatic rings. The first kappa shape index (κ1) is 26.3. The Balaban J connectivity index is 1.77. The highest BCUT2D eigenvalue weighted by atomic mass is 19.4. The standard InChI is InChI=1S/C24H26F3NO7/c1-32-21(30)23(22(31)33-2)34-19-7-6-14(12-20(19)35-23)10-15(8-9-28)11-18(29)16-4-3-5-17(13-16)24(25,26)27/h3-7,12-13,15,18,29H,8-11,28H2,1-2H3. The number of aliphatic hydroxyl groups excluding tert-OH is 1. The summed E-state index contributed by atoms with van der Waals surface area (Å²) < 4.78 is 59.3. The molecule has 1 heterocycles. The summed E-state index contributed by atoms with van der Waals surface area (Å²) in [5, 5.41) is 10.6. The van der Waals surface area contributed by atoms with Crippen molar-refractivity contribution in [3.05, 3.63) is 59.2 Å². The van der Waals surface area contributed by atoms with Crippen LogP contribution < -0.4 is 15.2 Å². The largest absolute Gasteiger partial charge is 0.463 e. The van der Waals surface area contributed by atoms with Gasteiger partial charge in [-0.25, -0.2) is 9.59 Å². The summed E-state index contributed by atoms with van der Waals surface area (Å²) in [5.74, 6) is -4.54. The van der Waals surface area contributed by atoms with Crippen molar-refractivity contribution in [2.45, 2.75) is 37.3 Å². The fraction of sp³-hybridized carbons (Fsp3) is 0.417. The molecule has 3 N–H and O–H groups in total. The van der Waals surface area contributed by atoms with E-state index in [4.69, 9.17) is 15.2 Å². The maximum atomic E-state index is 13.0. The van der Waals surface area contributed by atoms with E-state index in [-0.39, 0.29) is 29.4 Å². The van der Waals surface area contributed by atoms with Gasteiger partial charge in [-0.1, -0.05) is 18.2 Å². The first-order valence-corrected chi connectivity index (χ1v) is 10.8. The van der Waals surface area contributed by atoms with Gasteiger partial charge in [-0.05, 0) is 67.1 Å². The van der Waals surface area contributed by atoms with E-state index < -0.39 is 35.6 Å². The van der Waals surface area contributed by atoms with Crippen molar-refractivity contribution >= 4 is 11.9 Å². The zero-order chi connectivity index (χ0) is 25.8. The van der Waals surface area contributed by atoms with Gasteiger partial charge in [-0.15, -0.1) is 0 Å². The van der Waals surface area contributed by atoms with Crippen molar-refractivity contribution in [2.75, 3.05) is 20.8 Å². The van der Waals surface area contributed by atoms with Crippen molar-refractivity contribution in [3.63, 3.8) is 0 Å². The number of fused-ring (bicyclic) bond motifs is 1. The molecule has 0 amide bonds. The van der Waals surface area contributed by atoms with Crippen molar-refractivity contribution < 1.29 is 46.8 Å². The molecule has 11 heteroatoms. The average Bonchev–Trinajstić information content (AvgIpc) is 3.22. The maximum absolute atomic E-state index is 13.0. The highest BCUT2D eigenvalue weighted by Gasteiger charge is 2.59. The van der Waals surface area contributed by atoms with Gasteiger partial charge in [0.25, 0.3) is 0 Å². The smallest absolute Gasteiger partial charge is 0.453 e. The van der Waals surface area contributed by atoms with Gasteiger partial charge in [-0.2, -0.15) is 13.2 Å². The first-order chi connectivity index (χ1) is 16.5. The minimum atomic E-state index is -4.51. The molecule has 190 valence electrons. The summed E-state index contributed by atoms with van der Waals surface area (Å²) in [6.45, 7) is 0.304. The molecule has 0 bridgehead atoms. The monoisotopic (exact) mass is 497 g/mol. The molecule has 3 rings (SSSR count). The molecular formula is C24H26F3NO7. The molecule has 0 saturated carbocycles. The van der Waals surface area contributed by atoms with Gasteiger partial charge in [0.05, 0.1) is 25.9 Å². The Morgan fingerprint density at radius 1 is 1.06 bits per heavy atom. The van der Waals surface area contributed by atoms with E-state index in [0.29, 0.717) is 24.9 Å². The van der Waals surface area contributed by atoms with Gasteiger partial charge in [0.1, 0.15) is 0 Å². The summed E-state index contributed by atoms with van der Waals surface area (Å²) in [4.78, 5) is 24.4. The van der Waals surface area contributed by atoms with Gasteiger partial charge in [-0.3, -0.25) is 0 Å². The number of carbonyl (C=O) groups is 2. The number of methoxy groups -OCH3 is 2. The third-order valence-corrected chi connectivity index (χ3v) is 5.68. The predicted molar refractivity (Wildman–Crippen MR) is 116 cm³/mol. The van der Waals surface area contributed by atoms with Crippen LogP contribution in [-0.2, 0) is 31.7 Å². The SMILES string of the molecule is COC(=O)C1(C(=O)OC)Oc2ccc(CC(CCN)CC(O)c3cccc(C(F)(F)F)c3)cc2O1. The Labute approximate surface area is 199 Å². The zero-order valence-corrected chi connectivity index (χ0v) is 19.1. The Morgan fingerprint density at radius 2 is 1.71 bits per heavy atom. The van der Waals surface area contributed by atoms with Crippen LogP contribution in [0, 0.1) is 5.92 Å². The molecule has 0 radical (unpaired) electrons. The Hall–Kier alpha value is -3.31. The minimum Gasteiger partial charge on any atom is -0.463 e. The molecule has 0 saturated heterocycles. The van der Waals surface area contributed by atoms with E-state index in [2.05, 4.69) is 9.47 Å². The molecule has 8 nitrogen and oxygen atoms in total. The number of rotatable bonds is 9. The molecule has 0 aromatic heterocycles. The molecule has 1 aliphatic heterocycles. The van der Waals surface area contributed by atoms with E-state index in [0.717, 1.165) is 26.4 Å². The number of benzene rings is 2.